The van der Waals surface area contributed by atoms with E-state index in [2.05, 4.69) is 67.8 Å². The van der Waals surface area contributed by atoms with Gasteiger partial charge in [0.15, 0.2) is 0 Å². The molecular formula is C56H105NO3. The Morgan fingerprint density at radius 3 is 1.10 bits per heavy atom. The fraction of sp³-hybridized carbons (Fsp3) is 0.839. The molecule has 3 N–H and O–H groups in total. The first kappa shape index (κ1) is 58.4. The van der Waals surface area contributed by atoms with Gasteiger partial charge in [0.1, 0.15) is 0 Å². The Bertz CT molecular complexity index is 954. The highest BCUT2D eigenvalue weighted by Gasteiger charge is 2.20. The molecule has 0 rings (SSSR count). The fourth-order valence-electron chi connectivity index (χ4n) is 8.30. The Kier molecular flexibility index (Phi) is 50.3. The minimum absolute atomic E-state index is 0.0341. The highest BCUT2D eigenvalue weighted by molar-refractivity contribution is 5.76. The summed E-state index contributed by atoms with van der Waals surface area (Å²) in [5.74, 6) is -0.0341. The predicted octanol–water partition coefficient (Wildman–Crippen LogP) is 17.5. The number of nitrogens with one attached hydrogen (secondary N) is 1. The van der Waals surface area contributed by atoms with Crippen molar-refractivity contribution >= 4 is 5.91 Å². The van der Waals surface area contributed by atoms with Crippen LogP contribution in [0.25, 0.3) is 0 Å². The first-order valence-corrected chi connectivity index (χ1v) is 26.8. The number of rotatable bonds is 49. The molecule has 0 saturated heterocycles. The Labute approximate surface area is 375 Å². The zero-order valence-corrected chi connectivity index (χ0v) is 40.5. The maximum Gasteiger partial charge on any atom is 0.220 e. The molecule has 4 heteroatoms. The molecule has 0 fully saturated rings. The first-order valence-electron chi connectivity index (χ1n) is 26.8. The summed E-state index contributed by atoms with van der Waals surface area (Å²) in [7, 11) is 0. The van der Waals surface area contributed by atoms with Crippen LogP contribution in [0.5, 0.6) is 0 Å². The summed E-state index contributed by atoms with van der Waals surface area (Å²) < 4.78 is 0. The van der Waals surface area contributed by atoms with Gasteiger partial charge in [0.2, 0.25) is 5.91 Å². The van der Waals surface area contributed by atoms with Crippen LogP contribution in [-0.4, -0.2) is 34.9 Å². The highest BCUT2D eigenvalue weighted by atomic mass is 16.3. The Morgan fingerprint density at radius 2 is 0.733 bits per heavy atom. The lowest BCUT2D eigenvalue weighted by atomic mass is 10.0. The number of aliphatic hydroxyl groups excluding tert-OH is 2. The normalized spacial score (nSPS) is 13.2. The molecule has 0 spiro atoms. The van der Waals surface area contributed by atoms with Crippen molar-refractivity contribution in [1.29, 1.82) is 0 Å². The van der Waals surface area contributed by atoms with Crippen LogP contribution in [0, 0.1) is 0 Å². The van der Waals surface area contributed by atoms with Gasteiger partial charge < -0.3 is 15.5 Å². The van der Waals surface area contributed by atoms with Gasteiger partial charge in [-0.1, -0.05) is 274 Å². The quantitative estimate of drug-likeness (QED) is 0.0422. The molecule has 2 atom stereocenters. The average molecular weight is 840 g/mol. The lowest BCUT2D eigenvalue weighted by molar-refractivity contribution is -0.123. The molecule has 0 aromatic heterocycles. The number of allylic oxidation sites excluding steroid dienone is 8. The van der Waals surface area contributed by atoms with Gasteiger partial charge in [0.25, 0.3) is 0 Å². The van der Waals surface area contributed by atoms with Crippen molar-refractivity contribution in [1.82, 2.24) is 5.32 Å². The van der Waals surface area contributed by atoms with Crippen molar-refractivity contribution in [2.24, 2.45) is 0 Å². The van der Waals surface area contributed by atoms with Crippen LogP contribution in [0.2, 0.25) is 0 Å². The van der Waals surface area contributed by atoms with Crippen LogP contribution in [0.3, 0.4) is 0 Å². The zero-order chi connectivity index (χ0) is 43.5. The monoisotopic (exact) mass is 840 g/mol. The smallest absolute Gasteiger partial charge is 0.220 e. The molecule has 4 nitrogen and oxygen atoms in total. The zero-order valence-electron chi connectivity index (χ0n) is 40.5. The van der Waals surface area contributed by atoms with Gasteiger partial charge >= 0.3 is 0 Å². The van der Waals surface area contributed by atoms with Gasteiger partial charge in [-0.25, -0.2) is 0 Å². The number of hydrogen-bond acceptors (Lipinski definition) is 3. The van der Waals surface area contributed by atoms with E-state index in [9.17, 15) is 15.0 Å². The van der Waals surface area contributed by atoms with E-state index in [-0.39, 0.29) is 12.5 Å². The second-order valence-electron chi connectivity index (χ2n) is 18.3. The first-order chi connectivity index (χ1) is 29.7. The summed E-state index contributed by atoms with van der Waals surface area (Å²) in [6.45, 7) is 4.27. The number of aliphatic hydroxyl groups is 2. The molecular weight excluding hydrogens is 735 g/mol. The molecule has 0 aromatic rings. The third-order valence-electron chi connectivity index (χ3n) is 12.4. The SMILES string of the molecule is CC/C=C\C/C=C\C/C=C\C/C=C\CCCCCCCCCCCCC(=O)NC(CO)C(O)CCCCCCCCCCCCCCCCCCCCCCCCCCC. The van der Waals surface area contributed by atoms with E-state index >= 15 is 0 Å². The summed E-state index contributed by atoms with van der Waals surface area (Å²) in [4.78, 5) is 12.5. The van der Waals surface area contributed by atoms with Gasteiger partial charge in [-0.2, -0.15) is 0 Å². The molecule has 0 aliphatic heterocycles. The minimum atomic E-state index is -0.664. The van der Waals surface area contributed by atoms with E-state index < -0.39 is 12.1 Å². The summed E-state index contributed by atoms with van der Waals surface area (Å²) in [5.41, 5.74) is 0. The summed E-state index contributed by atoms with van der Waals surface area (Å²) >= 11 is 0. The maximum atomic E-state index is 12.5. The van der Waals surface area contributed by atoms with Gasteiger partial charge in [-0.05, 0) is 51.4 Å². The molecule has 0 saturated carbocycles. The van der Waals surface area contributed by atoms with Crippen LogP contribution < -0.4 is 5.32 Å². The van der Waals surface area contributed by atoms with E-state index in [0.717, 1.165) is 51.4 Å². The number of unbranched alkanes of at least 4 members (excludes halogenated alkanes) is 34. The van der Waals surface area contributed by atoms with Crippen LogP contribution in [0.15, 0.2) is 48.6 Å². The predicted molar refractivity (Wildman–Crippen MR) is 267 cm³/mol. The number of carbonyl (C=O) groups excluding carboxylic acids is 1. The van der Waals surface area contributed by atoms with Crippen LogP contribution in [0.4, 0.5) is 0 Å². The summed E-state index contributed by atoms with van der Waals surface area (Å²) in [6.07, 6.45) is 70.8. The Hall–Kier alpha value is -1.65. The van der Waals surface area contributed by atoms with E-state index in [1.54, 1.807) is 0 Å². The van der Waals surface area contributed by atoms with Crippen LogP contribution in [-0.2, 0) is 4.79 Å². The summed E-state index contributed by atoms with van der Waals surface area (Å²) in [5, 5.41) is 23.3. The molecule has 0 aliphatic carbocycles. The molecule has 0 radical (unpaired) electrons. The third-order valence-corrected chi connectivity index (χ3v) is 12.4. The summed E-state index contributed by atoms with van der Waals surface area (Å²) in [6, 6.07) is -0.541. The Balaban J connectivity index is 3.47. The van der Waals surface area contributed by atoms with E-state index in [0.29, 0.717) is 12.8 Å². The van der Waals surface area contributed by atoms with E-state index in [4.69, 9.17) is 0 Å². The van der Waals surface area contributed by atoms with Gasteiger partial charge in [-0.3, -0.25) is 4.79 Å². The van der Waals surface area contributed by atoms with Crippen molar-refractivity contribution in [2.45, 2.75) is 296 Å². The van der Waals surface area contributed by atoms with Crippen LogP contribution >= 0.6 is 0 Å². The van der Waals surface area contributed by atoms with Crippen molar-refractivity contribution in [3.63, 3.8) is 0 Å². The van der Waals surface area contributed by atoms with Gasteiger partial charge in [-0.15, -0.1) is 0 Å². The van der Waals surface area contributed by atoms with Crippen molar-refractivity contribution in [3.8, 4) is 0 Å². The second kappa shape index (κ2) is 51.7. The molecule has 0 bridgehead atoms. The van der Waals surface area contributed by atoms with Crippen LogP contribution in [0.1, 0.15) is 284 Å². The standard InChI is InChI=1S/C56H105NO3/c1-3-5-7-9-11-13-15-17-19-21-23-25-27-28-30-31-33-35-37-39-41-43-45-47-49-51-55(59)54(53-58)57-56(60)52-50-48-46-44-42-40-38-36-34-32-29-26-24-22-20-18-16-14-12-10-8-6-4-2/h6,8,12,14,18,20,24,26,54-55,58-59H,3-5,7,9-11,13,15-17,19,21-23,25,27-53H2,1-2H3,(H,57,60)/b8-6-,14-12-,20-18-,26-24-. The molecule has 60 heavy (non-hydrogen) atoms. The number of amides is 1. The molecule has 2 unspecified atom stereocenters. The number of hydrogen-bond donors (Lipinski definition) is 3. The van der Waals surface area contributed by atoms with Crippen molar-refractivity contribution in [3.05, 3.63) is 48.6 Å². The van der Waals surface area contributed by atoms with Gasteiger partial charge in [0.05, 0.1) is 18.8 Å². The minimum Gasteiger partial charge on any atom is -0.394 e. The fourth-order valence-corrected chi connectivity index (χ4v) is 8.30. The molecule has 1 amide bonds. The van der Waals surface area contributed by atoms with Crippen molar-refractivity contribution in [2.75, 3.05) is 6.61 Å². The Morgan fingerprint density at radius 1 is 0.417 bits per heavy atom. The van der Waals surface area contributed by atoms with Gasteiger partial charge in [0, 0.05) is 6.42 Å². The third kappa shape index (κ3) is 47.4. The molecule has 0 heterocycles. The largest absolute Gasteiger partial charge is 0.394 e. The highest BCUT2D eigenvalue weighted by Crippen LogP contribution is 2.17. The second-order valence-corrected chi connectivity index (χ2v) is 18.3. The maximum absolute atomic E-state index is 12.5. The molecule has 0 aromatic carbocycles. The van der Waals surface area contributed by atoms with E-state index in [1.807, 2.05) is 0 Å². The lowest BCUT2D eigenvalue weighted by Crippen LogP contribution is -2.45. The van der Waals surface area contributed by atoms with Crippen molar-refractivity contribution < 1.29 is 15.0 Å². The molecule has 0 aliphatic rings. The lowest BCUT2D eigenvalue weighted by Gasteiger charge is -2.22. The molecule has 352 valence electrons. The number of carbonyl (C=O) groups is 1. The topological polar surface area (TPSA) is 69.6 Å². The van der Waals surface area contributed by atoms with E-state index in [1.165, 1.54) is 205 Å². The average Bonchev–Trinajstić information content (AvgIpc) is 3.25.